The molecule has 4 aliphatic rings. The van der Waals surface area contributed by atoms with Crippen LogP contribution < -0.4 is 10.1 Å². The number of amides is 1. The third-order valence-corrected chi connectivity index (χ3v) is 6.57. The highest BCUT2D eigenvalue weighted by atomic mass is 16.5. The lowest BCUT2D eigenvalue weighted by molar-refractivity contribution is -0.125. The summed E-state index contributed by atoms with van der Waals surface area (Å²) in [7, 11) is 0. The Morgan fingerprint density at radius 3 is 2.33 bits per heavy atom. The topological polar surface area (TPSA) is 64.6 Å². The van der Waals surface area contributed by atoms with Crippen LogP contribution in [0.3, 0.4) is 0 Å². The van der Waals surface area contributed by atoms with E-state index in [0.29, 0.717) is 23.3 Å². The summed E-state index contributed by atoms with van der Waals surface area (Å²) in [6, 6.07) is 6.89. The van der Waals surface area contributed by atoms with Gasteiger partial charge >= 0.3 is 5.97 Å². The molecule has 1 aromatic rings. The first-order chi connectivity index (χ1) is 13.1. The lowest BCUT2D eigenvalue weighted by Gasteiger charge is -2.56. The molecule has 27 heavy (non-hydrogen) atoms. The van der Waals surface area contributed by atoms with Crippen LogP contribution in [0.2, 0.25) is 0 Å². The molecule has 146 valence electrons. The fourth-order valence-electron chi connectivity index (χ4n) is 5.96. The summed E-state index contributed by atoms with van der Waals surface area (Å²) in [5.41, 5.74) is 0.668. The number of esters is 1. The van der Waals surface area contributed by atoms with Gasteiger partial charge in [-0.2, -0.15) is 0 Å². The lowest BCUT2D eigenvalue weighted by Crippen LogP contribution is -2.51. The van der Waals surface area contributed by atoms with Gasteiger partial charge in [-0.05, 0) is 80.8 Å². The van der Waals surface area contributed by atoms with Crippen LogP contribution in [0, 0.1) is 23.2 Å². The van der Waals surface area contributed by atoms with Crippen LogP contribution in [-0.2, 0) is 9.53 Å². The number of ether oxygens (including phenoxy) is 2. The molecule has 0 heterocycles. The minimum absolute atomic E-state index is 0.0806. The van der Waals surface area contributed by atoms with Crippen LogP contribution in [0.4, 0.5) is 0 Å². The first-order valence-electron chi connectivity index (χ1n) is 10.2. The summed E-state index contributed by atoms with van der Waals surface area (Å²) >= 11 is 0. The number of hydrogen-bond acceptors (Lipinski definition) is 4. The van der Waals surface area contributed by atoms with Gasteiger partial charge in [0.25, 0.3) is 5.91 Å². The molecule has 0 radical (unpaired) electrons. The Balaban J connectivity index is 1.30. The van der Waals surface area contributed by atoms with Crippen molar-refractivity contribution in [1.82, 2.24) is 5.32 Å². The van der Waals surface area contributed by atoms with Crippen molar-refractivity contribution in [3.63, 3.8) is 0 Å². The number of rotatable bonds is 7. The van der Waals surface area contributed by atoms with Crippen molar-refractivity contribution >= 4 is 11.9 Å². The molecule has 0 aromatic heterocycles. The second-order valence-electron chi connectivity index (χ2n) is 8.70. The van der Waals surface area contributed by atoms with Crippen molar-refractivity contribution in [1.29, 1.82) is 0 Å². The Labute approximate surface area is 160 Å². The maximum Gasteiger partial charge on any atom is 0.341 e. The van der Waals surface area contributed by atoms with E-state index in [-0.39, 0.29) is 12.5 Å². The monoisotopic (exact) mass is 371 g/mol. The zero-order valence-electron chi connectivity index (χ0n) is 16.0. The lowest BCUT2D eigenvalue weighted by atomic mass is 9.49. The van der Waals surface area contributed by atoms with E-state index in [9.17, 15) is 9.59 Å². The van der Waals surface area contributed by atoms with Crippen molar-refractivity contribution in [3.8, 4) is 5.75 Å². The van der Waals surface area contributed by atoms with E-state index < -0.39 is 5.97 Å². The zero-order chi connectivity index (χ0) is 18.9. The Hall–Kier alpha value is -2.04. The third kappa shape index (κ3) is 3.97. The van der Waals surface area contributed by atoms with Crippen LogP contribution in [-0.4, -0.2) is 31.6 Å². The second kappa shape index (κ2) is 7.53. The number of carbonyl (C=O) groups is 2. The summed E-state index contributed by atoms with van der Waals surface area (Å²) in [6.07, 6.45) is 8.02. The van der Waals surface area contributed by atoms with Gasteiger partial charge in [0.2, 0.25) is 0 Å². The Morgan fingerprint density at radius 1 is 1.07 bits per heavy atom. The molecule has 4 saturated carbocycles. The Bertz CT molecular complexity index is 679. The van der Waals surface area contributed by atoms with Gasteiger partial charge in [-0.25, -0.2) is 4.79 Å². The number of para-hydroxylation sites is 1. The molecule has 0 unspecified atom stereocenters. The normalized spacial score (nSPS) is 30.8. The van der Waals surface area contributed by atoms with E-state index in [4.69, 9.17) is 9.47 Å². The summed E-state index contributed by atoms with van der Waals surface area (Å²) in [5, 5.41) is 3.10. The standard InChI is InChI=1S/C22H29NO4/c1-2-26-21(25)18-5-3-4-6-19(18)27-13-20(24)23-14-22-10-15-7-16(11-22)9-17(8-15)12-22/h3-6,15-17H,2,7-14H2,1H3,(H,23,24). The molecule has 0 aliphatic heterocycles. The molecule has 4 fully saturated rings. The van der Waals surface area contributed by atoms with E-state index in [1.54, 1.807) is 31.2 Å². The van der Waals surface area contributed by atoms with Gasteiger partial charge in [0.1, 0.15) is 11.3 Å². The molecular weight excluding hydrogens is 342 g/mol. The van der Waals surface area contributed by atoms with Gasteiger partial charge in [0.05, 0.1) is 6.61 Å². The maximum atomic E-state index is 12.4. The van der Waals surface area contributed by atoms with E-state index in [0.717, 1.165) is 24.3 Å². The number of nitrogens with one attached hydrogen (secondary N) is 1. The average Bonchev–Trinajstić information content (AvgIpc) is 2.64. The van der Waals surface area contributed by atoms with Gasteiger partial charge < -0.3 is 14.8 Å². The number of benzene rings is 1. The largest absolute Gasteiger partial charge is 0.483 e. The fourth-order valence-corrected chi connectivity index (χ4v) is 5.96. The van der Waals surface area contributed by atoms with Crippen LogP contribution in [0.5, 0.6) is 5.75 Å². The SMILES string of the molecule is CCOC(=O)c1ccccc1OCC(=O)NCC12CC3CC(CC(C3)C1)C2. The Morgan fingerprint density at radius 2 is 1.70 bits per heavy atom. The molecule has 4 bridgehead atoms. The molecule has 1 N–H and O–H groups in total. The zero-order valence-corrected chi connectivity index (χ0v) is 16.0. The van der Waals surface area contributed by atoms with Gasteiger partial charge in [0.15, 0.2) is 6.61 Å². The van der Waals surface area contributed by atoms with Gasteiger partial charge in [0, 0.05) is 6.54 Å². The van der Waals surface area contributed by atoms with E-state index in [2.05, 4.69) is 5.32 Å². The molecule has 5 rings (SSSR count). The molecule has 5 nitrogen and oxygen atoms in total. The minimum Gasteiger partial charge on any atom is -0.483 e. The predicted octanol–water partition coefficient (Wildman–Crippen LogP) is 3.57. The minimum atomic E-state index is -0.429. The van der Waals surface area contributed by atoms with Crippen molar-refractivity contribution in [2.75, 3.05) is 19.8 Å². The highest BCUT2D eigenvalue weighted by molar-refractivity contribution is 5.92. The van der Waals surface area contributed by atoms with Crippen LogP contribution in [0.15, 0.2) is 24.3 Å². The van der Waals surface area contributed by atoms with Crippen molar-refractivity contribution < 1.29 is 19.1 Å². The van der Waals surface area contributed by atoms with Crippen LogP contribution in [0.1, 0.15) is 55.8 Å². The summed E-state index contributed by atoms with van der Waals surface area (Å²) in [5.74, 6) is 2.47. The average molecular weight is 371 g/mol. The van der Waals surface area contributed by atoms with Crippen LogP contribution >= 0.6 is 0 Å². The number of hydrogen-bond donors (Lipinski definition) is 1. The fraction of sp³-hybridized carbons (Fsp3) is 0.636. The first-order valence-corrected chi connectivity index (χ1v) is 10.2. The molecule has 0 atom stereocenters. The quantitative estimate of drug-likeness (QED) is 0.744. The summed E-state index contributed by atoms with van der Waals surface area (Å²) in [6.45, 7) is 2.75. The van der Waals surface area contributed by atoms with Gasteiger partial charge in [-0.15, -0.1) is 0 Å². The molecule has 1 amide bonds. The summed E-state index contributed by atoms with van der Waals surface area (Å²) < 4.78 is 10.7. The molecule has 4 aliphatic carbocycles. The molecule has 5 heteroatoms. The smallest absolute Gasteiger partial charge is 0.341 e. The predicted molar refractivity (Wildman–Crippen MR) is 102 cm³/mol. The van der Waals surface area contributed by atoms with E-state index in [1.807, 2.05) is 0 Å². The maximum absolute atomic E-state index is 12.4. The molecule has 0 spiro atoms. The van der Waals surface area contributed by atoms with Gasteiger partial charge in [-0.3, -0.25) is 4.79 Å². The highest BCUT2D eigenvalue weighted by Crippen LogP contribution is 2.59. The molecule has 1 aromatic carbocycles. The molecular formula is C22H29NO4. The first kappa shape index (κ1) is 18.3. The number of carbonyl (C=O) groups excluding carboxylic acids is 2. The van der Waals surface area contributed by atoms with Crippen LogP contribution in [0.25, 0.3) is 0 Å². The second-order valence-corrected chi connectivity index (χ2v) is 8.70. The summed E-state index contributed by atoms with van der Waals surface area (Å²) in [4.78, 5) is 24.4. The highest BCUT2D eigenvalue weighted by Gasteiger charge is 2.50. The van der Waals surface area contributed by atoms with Crippen molar-refractivity contribution in [2.45, 2.75) is 45.4 Å². The van der Waals surface area contributed by atoms with Gasteiger partial charge in [-0.1, -0.05) is 12.1 Å². The molecule has 0 saturated heterocycles. The van der Waals surface area contributed by atoms with E-state index >= 15 is 0 Å². The Kier molecular flexibility index (Phi) is 5.11. The van der Waals surface area contributed by atoms with Crippen molar-refractivity contribution in [2.24, 2.45) is 23.2 Å². The third-order valence-electron chi connectivity index (χ3n) is 6.57. The van der Waals surface area contributed by atoms with Crippen molar-refractivity contribution in [3.05, 3.63) is 29.8 Å². The van der Waals surface area contributed by atoms with E-state index in [1.165, 1.54) is 38.5 Å².